The zero-order chi connectivity index (χ0) is 8.97. The Morgan fingerprint density at radius 1 is 1.23 bits per heavy atom. The normalized spacial score (nSPS) is 11.9. The molecule has 0 spiro atoms. The van der Waals surface area contributed by atoms with Gasteiger partial charge in [-0.15, -0.1) is 12.4 Å². The van der Waals surface area contributed by atoms with Crippen LogP contribution in [0.5, 0.6) is 0 Å². The fourth-order valence-electron chi connectivity index (χ4n) is 1.29. The molecule has 1 aromatic carbocycles. The molecule has 0 aliphatic rings. The SMILES string of the molecule is CCCC(N)c1ccc(C)cc1.Cl. The Morgan fingerprint density at radius 2 is 1.77 bits per heavy atom. The summed E-state index contributed by atoms with van der Waals surface area (Å²) in [6.45, 7) is 4.25. The molecule has 0 aliphatic carbocycles. The fourth-order valence-corrected chi connectivity index (χ4v) is 1.29. The lowest BCUT2D eigenvalue weighted by Crippen LogP contribution is -2.09. The topological polar surface area (TPSA) is 26.0 Å². The molecule has 0 saturated heterocycles. The van der Waals surface area contributed by atoms with Gasteiger partial charge in [0.05, 0.1) is 0 Å². The first-order valence-electron chi connectivity index (χ1n) is 4.56. The molecule has 1 nitrogen and oxygen atoms in total. The van der Waals surface area contributed by atoms with Crippen LogP contribution in [0.1, 0.15) is 36.9 Å². The number of aryl methyl sites for hydroxylation is 1. The third-order valence-corrected chi connectivity index (χ3v) is 2.11. The van der Waals surface area contributed by atoms with Crippen LogP contribution in [0, 0.1) is 6.92 Å². The Kier molecular flexibility index (Phi) is 5.76. The van der Waals surface area contributed by atoms with Gasteiger partial charge in [-0.25, -0.2) is 0 Å². The van der Waals surface area contributed by atoms with Gasteiger partial charge < -0.3 is 5.73 Å². The molecule has 0 radical (unpaired) electrons. The van der Waals surface area contributed by atoms with Crippen molar-refractivity contribution < 1.29 is 0 Å². The average Bonchev–Trinajstić information content (AvgIpc) is 2.06. The number of halogens is 1. The van der Waals surface area contributed by atoms with Crippen LogP contribution in [-0.4, -0.2) is 0 Å². The highest BCUT2D eigenvalue weighted by Gasteiger charge is 2.02. The first kappa shape index (κ1) is 12.5. The molecule has 13 heavy (non-hydrogen) atoms. The summed E-state index contributed by atoms with van der Waals surface area (Å²) in [6, 6.07) is 8.69. The predicted molar refractivity (Wildman–Crippen MR) is 60.3 cm³/mol. The first-order chi connectivity index (χ1) is 5.74. The predicted octanol–water partition coefficient (Wildman–Crippen LogP) is 3.22. The molecular weight excluding hydrogens is 182 g/mol. The van der Waals surface area contributed by atoms with Crippen molar-refractivity contribution in [3.05, 3.63) is 35.4 Å². The van der Waals surface area contributed by atoms with Crippen molar-refractivity contribution in [2.24, 2.45) is 5.73 Å². The standard InChI is InChI=1S/C11H17N.ClH/c1-3-4-11(12)10-7-5-9(2)6-8-10;/h5-8,11H,3-4,12H2,1-2H3;1H. The molecule has 0 aliphatic heterocycles. The summed E-state index contributed by atoms with van der Waals surface area (Å²) in [5.41, 5.74) is 8.50. The Labute approximate surface area is 86.7 Å². The van der Waals surface area contributed by atoms with E-state index in [4.69, 9.17) is 5.73 Å². The molecule has 74 valence electrons. The van der Waals surface area contributed by atoms with Crippen LogP contribution in [0.15, 0.2) is 24.3 Å². The van der Waals surface area contributed by atoms with E-state index in [-0.39, 0.29) is 18.4 Å². The molecule has 2 heteroatoms. The average molecular weight is 200 g/mol. The lowest BCUT2D eigenvalue weighted by atomic mass is 10.0. The van der Waals surface area contributed by atoms with Crippen LogP contribution in [0.3, 0.4) is 0 Å². The third kappa shape index (κ3) is 3.79. The minimum absolute atomic E-state index is 0. The number of hydrogen-bond donors (Lipinski definition) is 1. The van der Waals surface area contributed by atoms with Crippen molar-refractivity contribution in [3.8, 4) is 0 Å². The van der Waals surface area contributed by atoms with E-state index in [1.54, 1.807) is 0 Å². The monoisotopic (exact) mass is 199 g/mol. The maximum Gasteiger partial charge on any atom is 0.0294 e. The molecule has 0 fully saturated rings. The van der Waals surface area contributed by atoms with Crippen molar-refractivity contribution in [2.45, 2.75) is 32.7 Å². The molecular formula is C11H18ClN. The molecule has 0 heterocycles. The van der Waals surface area contributed by atoms with Gasteiger partial charge >= 0.3 is 0 Å². The largest absolute Gasteiger partial charge is 0.324 e. The third-order valence-electron chi connectivity index (χ3n) is 2.11. The van der Waals surface area contributed by atoms with Crippen molar-refractivity contribution >= 4 is 12.4 Å². The molecule has 0 amide bonds. The zero-order valence-electron chi connectivity index (χ0n) is 8.29. The molecule has 1 aromatic rings. The Morgan fingerprint density at radius 3 is 2.23 bits per heavy atom. The van der Waals surface area contributed by atoms with Gasteiger partial charge in [0.1, 0.15) is 0 Å². The molecule has 0 saturated carbocycles. The Hall–Kier alpha value is -0.530. The maximum absolute atomic E-state index is 5.96. The first-order valence-corrected chi connectivity index (χ1v) is 4.56. The van der Waals surface area contributed by atoms with Crippen molar-refractivity contribution in [1.82, 2.24) is 0 Å². The van der Waals surface area contributed by atoms with Crippen LogP contribution in [-0.2, 0) is 0 Å². The van der Waals surface area contributed by atoms with E-state index in [0.717, 1.165) is 12.8 Å². The van der Waals surface area contributed by atoms with Gasteiger partial charge in [-0.2, -0.15) is 0 Å². The summed E-state index contributed by atoms with van der Waals surface area (Å²) in [5, 5.41) is 0. The van der Waals surface area contributed by atoms with Gasteiger partial charge in [-0.1, -0.05) is 43.2 Å². The van der Waals surface area contributed by atoms with E-state index in [1.807, 2.05) is 0 Å². The van der Waals surface area contributed by atoms with Crippen LogP contribution < -0.4 is 5.73 Å². The van der Waals surface area contributed by atoms with Gasteiger partial charge in [0.25, 0.3) is 0 Å². The summed E-state index contributed by atoms with van der Waals surface area (Å²) < 4.78 is 0. The fraction of sp³-hybridized carbons (Fsp3) is 0.455. The van der Waals surface area contributed by atoms with E-state index < -0.39 is 0 Å². The van der Waals surface area contributed by atoms with Gasteiger partial charge in [0, 0.05) is 6.04 Å². The van der Waals surface area contributed by atoms with E-state index in [2.05, 4.69) is 38.1 Å². The summed E-state index contributed by atoms with van der Waals surface area (Å²) in [5.74, 6) is 0. The van der Waals surface area contributed by atoms with E-state index >= 15 is 0 Å². The summed E-state index contributed by atoms with van der Waals surface area (Å²) in [4.78, 5) is 0. The summed E-state index contributed by atoms with van der Waals surface area (Å²) in [7, 11) is 0. The smallest absolute Gasteiger partial charge is 0.0294 e. The van der Waals surface area contributed by atoms with Crippen molar-refractivity contribution in [1.29, 1.82) is 0 Å². The van der Waals surface area contributed by atoms with Crippen molar-refractivity contribution in [3.63, 3.8) is 0 Å². The van der Waals surface area contributed by atoms with Gasteiger partial charge in [-0.3, -0.25) is 0 Å². The highest BCUT2D eigenvalue weighted by Crippen LogP contribution is 2.15. The second-order valence-electron chi connectivity index (χ2n) is 3.31. The van der Waals surface area contributed by atoms with Crippen LogP contribution in [0.4, 0.5) is 0 Å². The quantitative estimate of drug-likeness (QED) is 0.795. The second kappa shape index (κ2) is 6.01. The highest BCUT2D eigenvalue weighted by atomic mass is 35.5. The number of hydrogen-bond acceptors (Lipinski definition) is 1. The Balaban J connectivity index is 0.00000144. The zero-order valence-corrected chi connectivity index (χ0v) is 9.10. The number of nitrogens with two attached hydrogens (primary N) is 1. The number of rotatable bonds is 3. The van der Waals surface area contributed by atoms with Gasteiger partial charge in [0.2, 0.25) is 0 Å². The van der Waals surface area contributed by atoms with Crippen molar-refractivity contribution in [2.75, 3.05) is 0 Å². The number of benzene rings is 1. The van der Waals surface area contributed by atoms with Gasteiger partial charge in [-0.05, 0) is 18.9 Å². The van der Waals surface area contributed by atoms with E-state index in [0.29, 0.717) is 0 Å². The van der Waals surface area contributed by atoms with E-state index in [1.165, 1.54) is 11.1 Å². The minimum atomic E-state index is 0. The van der Waals surface area contributed by atoms with Crippen LogP contribution in [0.2, 0.25) is 0 Å². The van der Waals surface area contributed by atoms with Crippen LogP contribution in [0.25, 0.3) is 0 Å². The summed E-state index contributed by atoms with van der Waals surface area (Å²) in [6.07, 6.45) is 2.22. The van der Waals surface area contributed by atoms with E-state index in [9.17, 15) is 0 Å². The highest BCUT2D eigenvalue weighted by molar-refractivity contribution is 5.85. The second-order valence-corrected chi connectivity index (χ2v) is 3.31. The molecule has 0 aromatic heterocycles. The van der Waals surface area contributed by atoms with Crippen LogP contribution >= 0.6 is 12.4 Å². The molecule has 1 unspecified atom stereocenters. The van der Waals surface area contributed by atoms with Gasteiger partial charge in [0.15, 0.2) is 0 Å². The molecule has 2 N–H and O–H groups in total. The molecule has 1 atom stereocenters. The lowest BCUT2D eigenvalue weighted by Gasteiger charge is -2.10. The summed E-state index contributed by atoms with van der Waals surface area (Å²) >= 11 is 0. The molecule has 1 rings (SSSR count). The molecule has 0 bridgehead atoms. The Bertz CT molecular complexity index is 230. The maximum atomic E-state index is 5.96. The minimum Gasteiger partial charge on any atom is -0.324 e. The lowest BCUT2D eigenvalue weighted by molar-refractivity contribution is 0.638.